The highest BCUT2D eigenvalue weighted by molar-refractivity contribution is 5.85. The van der Waals surface area contributed by atoms with Gasteiger partial charge < -0.3 is 29.7 Å². The highest BCUT2D eigenvalue weighted by Crippen LogP contribution is 2.73. The zero-order valence-corrected chi connectivity index (χ0v) is 32.7. The van der Waals surface area contributed by atoms with Crippen molar-refractivity contribution in [2.24, 2.45) is 52.3 Å². The van der Waals surface area contributed by atoms with Crippen LogP contribution in [0.5, 0.6) is 0 Å². The molecule has 5 saturated carbocycles. The van der Waals surface area contributed by atoms with Crippen LogP contribution in [0.1, 0.15) is 103 Å². The Morgan fingerprint density at radius 1 is 1.02 bits per heavy atom. The third-order valence-corrected chi connectivity index (χ3v) is 19.8. The first-order valence-electron chi connectivity index (χ1n) is 21.7. The molecule has 3 N–H and O–H groups in total. The molecule has 9 nitrogen and oxygen atoms in total. The molecule has 11 aliphatic rings. The van der Waals surface area contributed by atoms with Gasteiger partial charge in [0.15, 0.2) is 12.8 Å². The second kappa shape index (κ2) is 11.1. The number of anilines is 1. The zero-order valence-electron chi connectivity index (χ0n) is 32.7. The number of nitrogens with zero attached hydrogens (tertiary/aromatic N) is 2. The van der Waals surface area contributed by atoms with E-state index in [0.717, 1.165) is 82.6 Å². The van der Waals surface area contributed by atoms with Gasteiger partial charge in [0.1, 0.15) is 18.8 Å². The van der Waals surface area contributed by atoms with E-state index in [1.807, 2.05) is 0 Å². The first-order chi connectivity index (χ1) is 25.8. The Hall–Kier alpha value is -2.46. The third kappa shape index (κ3) is 3.88. The number of hydrogen-bond donors (Lipinski definition) is 3. The maximum Gasteiger partial charge on any atom is 0.362 e. The summed E-state index contributed by atoms with van der Waals surface area (Å²) in [6.45, 7) is 7.48. The molecule has 0 radical (unpaired) electrons. The predicted molar refractivity (Wildman–Crippen MR) is 201 cm³/mol. The number of benzene rings is 1. The number of para-hydroxylation sites is 1. The van der Waals surface area contributed by atoms with Crippen LogP contribution < -0.4 is 4.90 Å². The summed E-state index contributed by atoms with van der Waals surface area (Å²) in [5.41, 5.74) is 2.28. The van der Waals surface area contributed by atoms with Crippen molar-refractivity contribution in [2.75, 3.05) is 25.1 Å². The molecule has 18 atom stereocenters. The molecular weight excluding hydrogens is 681 g/mol. The zero-order chi connectivity index (χ0) is 37.3. The van der Waals surface area contributed by atoms with E-state index in [1.54, 1.807) is 6.08 Å². The Bertz CT molecular complexity index is 1830. The standard InChI is InChI=1S/C45H61N2O7/c1-5-27-28-20-34-39-44(32-8-6-7-9-33(32)46(39)4)21-35(38(28)40(44)50)47(34,41(27)51)22-37(49)54-26-12-15-42(2)25(19-26)10-11-31-30(42)13-16-43(3)29(14-17-45(31,43)52)24-18-36(48)53-23-24/h6-9,18,25-31,34-35,38-41,50-52H,5,10-17,19-23H2,1-4H3/q+1/t25-,26+,27+,28?,29-,30?,31-,34?,35?,38?,39+,40?,41-,42+,43-,44-,45+,47?/m1/s1. The molecule has 4 saturated heterocycles. The molecule has 9 fully saturated rings. The number of aliphatic hydroxyl groups excluding tert-OH is 2. The van der Waals surface area contributed by atoms with Gasteiger partial charge in [-0.05, 0) is 116 Å². The summed E-state index contributed by atoms with van der Waals surface area (Å²) in [5.74, 6) is 1.32. The van der Waals surface area contributed by atoms with Gasteiger partial charge in [-0.15, -0.1) is 0 Å². The van der Waals surface area contributed by atoms with Crippen LogP contribution in [0.4, 0.5) is 5.69 Å². The SMILES string of the molecule is CC[C@H]1C2CC3[C@@H]4N(C)c5ccccc5[C@]45CC(C2C5O)[N+]3(CC(=O)O[C@H]2CC[C@]3(C)C4CC[C@]5(C)[C@@H](C6=CC(=O)OC6)CC[C@]5(O)[C@@H]4CC[C@@H]3C2)[C@@H]1O. The lowest BCUT2D eigenvalue weighted by molar-refractivity contribution is -1.03. The molecule has 292 valence electrons. The van der Waals surface area contributed by atoms with Crippen molar-refractivity contribution in [1.82, 2.24) is 0 Å². The number of ether oxygens (including phenoxy) is 2. The quantitative estimate of drug-likeness (QED) is 0.278. The Labute approximate surface area is 320 Å². The number of carbonyl (C=O) groups excluding carboxylic acids is 2. The maximum atomic E-state index is 14.5. The molecule has 1 spiro atoms. The minimum atomic E-state index is -0.739. The first-order valence-corrected chi connectivity index (χ1v) is 21.7. The predicted octanol–water partition coefficient (Wildman–Crippen LogP) is 5.24. The van der Waals surface area contributed by atoms with Crippen LogP contribution in [0.15, 0.2) is 35.9 Å². The summed E-state index contributed by atoms with van der Waals surface area (Å²) in [6.07, 6.45) is 11.5. The number of hydrogen-bond acceptors (Lipinski definition) is 8. The van der Waals surface area contributed by atoms with Crippen LogP contribution in [-0.2, 0) is 24.5 Å². The van der Waals surface area contributed by atoms with Crippen molar-refractivity contribution < 1.29 is 38.9 Å². The van der Waals surface area contributed by atoms with Crippen molar-refractivity contribution in [2.45, 2.75) is 145 Å². The normalized spacial score (nSPS) is 54.4. The molecule has 5 bridgehead atoms. The topological polar surface area (TPSA) is 117 Å². The van der Waals surface area contributed by atoms with Crippen LogP contribution in [0.2, 0.25) is 0 Å². The van der Waals surface area contributed by atoms with E-state index in [4.69, 9.17) is 9.47 Å². The Balaban J connectivity index is 0.829. The molecule has 5 aliphatic carbocycles. The van der Waals surface area contributed by atoms with Crippen molar-refractivity contribution >= 4 is 17.6 Å². The van der Waals surface area contributed by atoms with Crippen LogP contribution >= 0.6 is 0 Å². The molecule has 1 aromatic rings. The van der Waals surface area contributed by atoms with Gasteiger partial charge in [0.05, 0.1) is 29.2 Å². The number of fused-ring (bicyclic) bond motifs is 7. The number of likely N-dealkylation sites (N-methyl/N-ethyl adjacent to an activating group) is 1. The van der Waals surface area contributed by atoms with E-state index in [2.05, 4.69) is 57.0 Å². The molecule has 9 heteroatoms. The average molecular weight is 742 g/mol. The maximum absolute atomic E-state index is 14.5. The molecule has 0 aromatic heterocycles. The van der Waals surface area contributed by atoms with Gasteiger partial charge in [-0.25, -0.2) is 9.59 Å². The Morgan fingerprint density at radius 2 is 1.83 bits per heavy atom. The minimum Gasteiger partial charge on any atom is -0.458 e. The van der Waals surface area contributed by atoms with E-state index in [9.17, 15) is 24.9 Å². The summed E-state index contributed by atoms with van der Waals surface area (Å²) in [5, 5.41) is 37.5. The van der Waals surface area contributed by atoms with E-state index >= 15 is 0 Å². The summed E-state index contributed by atoms with van der Waals surface area (Å²) in [6, 6.07) is 8.74. The van der Waals surface area contributed by atoms with Crippen LogP contribution in [0, 0.1) is 52.3 Å². The van der Waals surface area contributed by atoms with Gasteiger partial charge in [-0.3, -0.25) is 4.48 Å². The number of aliphatic hydroxyl groups is 3. The Morgan fingerprint density at radius 3 is 2.61 bits per heavy atom. The second-order valence-corrected chi connectivity index (χ2v) is 20.7. The number of rotatable bonds is 5. The monoisotopic (exact) mass is 741 g/mol. The van der Waals surface area contributed by atoms with Crippen LogP contribution in [0.25, 0.3) is 0 Å². The molecule has 12 rings (SSSR count). The van der Waals surface area contributed by atoms with Gasteiger partial charge in [0.25, 0.3) is 0 Å². The number of cyclic esters (lactones) is 1. The van der Waals surface area contributed by atoms with E-state index < -0.39 is 17.9 Å². The summed E-state index contributed by atoms with van der Waals surface area (Å²) in [7, 11) is 2.17. The minimum absolute atomic E-state index is 0.0370. The molecule has 0 amide bonds. The van der Waals surface area contributed by atoms with E-state index in [1.165, 1.54) is 11.3 Å². The van der Waals surface area contributed by atoms with E-state index in [0.29, 0.717) is 22.9 Å². The molecule has 6 heterocycles. The first kappa shape index (κ1) is 34.8. The fourth-order valence-corrected chi connectivity index (χ4v) is 17.6. The van der Waals surface area contributed by atoms with Crippen LogP contribution in [0.3, 0.4) is 0 Å². The number of quaternary nitrogens is 1. The smallest absolute Gasteiger partial charge is 0.362 e. The summed E-state index contributed by atoms with van der Waals surface area (Å²) in [4.78, 5) is 28.8. The molecule has 1 aromatic carbocycles. The number of piperidine rings is 4. The van der Waals surface area contributed by atoms with Gasteiger partial charge in [0, 0.05) is 48.9 Å². The second-order valence-electron chi connectivity index (χ2n) is 20.7. The molecule has 7 unspecified atom stereocenters. The fraction of sp³-hybridized carbons (Fsp3) is 0.778. The van der Waals surface area contributed by atoms with E-state index in [-0.39, 0.29) is 88.5 Å². The lowest BCUT2D eigenvalue weighted by Crippen LogP contribution is -2.83. The van der Waals surface area contributed by atoms with Gasteiger partial charge in [-0.1, -0.05) is 39.0 Å². The van der Waals surface area contributed by atoms with Crippen molar-refractivity contribution in [3.05, 3.63) is 41.5 Å². The molecule has 6 aliphatic heterocycles. The summed E-state index contributed by atoms with van der Waals surface area (Å²) < 4.78 is 12.3. The fourth-order valence-electron chi connectivity index (χ4n) is 17.6. The van der Waals surface area contributed by atoms with Gasteiger partial charge in [-0.2, -0.15) is 0 Å². The lowest BCUT2D eigenvalue weighted by Gasteiger charge is -2.67. The lowest BCUT2D eigenvalue weighted by atomic mass is 9.43. The van der Waals surface area contributed by atoms with Gasteiger partial charge in [0.2, 0.25) is 0 Å². The average Bonchev–Trinajstić information content (AvgIpc) is 3.83. The summed E-state index contributed by atoms with van der Waals surface area (Å²) >= 11 is 0. The highest BCUT2D eigenvalue weighted by atomic mass is 16.5. The third-order valence-electron chi connectivity index (χ3n) is 19.8. The largest absolute Gasteiger partial charge is 0.458 e. The van der Waals surface area contributed by atoms with Crippen LogP contribution in [-0.4, -0.2) is 94.1 Å². The Kier molecular flexibility index (Phi) is 7.17. The highest BCUT2D eigenvalue weighted by Gasteiger charge is 2.83. The molecular formula is C45H61N2O7+. The number of carbonyl (C=O) groups is 2. The van der Waals surface area contributed by atoms with Crippen molar-refractivity contribution in [3.8, 4) is 0 Å². The van der Waals surface area contributed by atoms with Crippen molar-refractivity contribution in [3.63, 3.8) is 0 Å². The number of esters is 2. The van der Waals surface area contributed by atoms with Crippen molar-refractivity contribution in [1.29, 1.82) is 0 Å². The van der Waals surface area contributed by atoms with Gasteiger partial charge >= 0.3 is 11.9 Å². The molecule has 54 heavy (non-hydrogen) atoms.